The van der Waals surface area contributed by atoms with E-state index in [0.717, 1.165) is 4.34 Å². The average molecular weight is 468 g/mol. The van der Waals surface area contributed by atoms with Crippen molar-refractivity contribution in [2.45, 2.75) is 36.9 Å². The van der Waals surface area contributed by atoms with Gasteiger partial charge in [-0.05, 0) is 29.5 Å². The van der Waals surface area contributed by atoms with Crippen LogP contribution in [0.1, 0.15) is 38.2 Å². The van der Waals surface area contributed by atoms with Gasteiger partial charge >= 0.3 is 0 Å². The maximum Gasteiger partial charge on any atom is 0.219 e. The summed E-state index contributed by atoms with van der Waals surface area (Å²) in [7, 11) is 0. The molecule has 0 saturated heterocycles. The van der Waals surface area contributed by atoms with Gasteiger partial charge in [-0.25, -0.2) is 4.39 Å². The van der Waals surface area contributed by atoms with E-state index < -0.39 is 11.7 Å². The van der Waals surface area contributed by atoms with E-state index in [0.29, 0.717) is 40.6 Å². The minimum atomic E-state index is -0.715. The number of halogens is 1. The molecule has 164 valence electrons. The molecule has 2 heterocycles. The quantitative estimate of drug-likeness (QED) is 0.494. The van der Waals surface area contributed by atoms with Crippen LogP contribution < -0.4 is 10.6 Å². The van der Waals surface area contributed by atoms with Gasteiger partial charge in [0.25, 0.3) is 0 Å². The molecule has 1 aliphatic heterocycles. The molecule has 2 aliphatic rings. The average Bonchev–Trinajstić information content (AvgIpc) is 3.18. The Bertz CT molecular complexity index is 1210. The molecule has 0 spiro atoms. The SMILES string of the molecule is C=CCSc1nnc(N2C(N)=C(C#N)C(c3cccc(F)c3)C3=C2CC(C)(C)CC3=O)s1. The molecule has 1 aromatic carbocycles. The highest BCUT2D eigenvalue weighted by molar-refractivity contribution is 8.01. The number of anilines is 1. The second kappa shape index (κ2) is 8.52. The van der Waals surface area contributed by atoms with E-state index in [1.165, 1.54) is 35.2 Å². The van der Waals surface area contributed by atoms with Gasteiger partial charge in [0.05, 0.1) is 17.6 Å². The predicted octanol–water partition coefficient (Wildman–Crippen LogP) is 4.90. The minimum absolute atomic E-state index is 0.0680. The van der Waals surface area contributed by atoms with Gasteiger partial charge in [-0.1, -0.05) is 55.2 Å². The minimum Gasteiger partial charge on any atom is -0.384 e. The molecule has 2 aromatic rings. The van der Waals surface area contributed by atoms with E-state index >= 15 is 0 Å². The summed E-state index contributed by atoms with van der Waals surface area (Å²) in [5.74, 6) is -0.332. The molecule has 1 unspecified atom stereocenters. The number of carbonyl (C=O) groups is 1. The highest BCUT2D eigenvalue weighted by atomic mass is 32.2. The topological polar surface area (TPSA) is 95.9 Å². The van der Waals surface area contributed by atoms with Crippen molar-refractivity contribution in [1.82, 2.24) is 10.2 Å². The van der Waals surface area contributed by atoms with Gasteiger partial charge in [0.15, 0.2) is 10.1 Å². The number of hydrogen-bond donors (Lipinski definition) is 1. The summed E-state index contributed by atoms with van der Waals surface area (Å²) < 4.78 is 14.8. The summed E-state index contributed by atoms with van der Waals surface area (Å²) in [5, 5.41) is 19.1. The Morgan fingerprint density at radius 3 is 2.91 bits per heavy atom. The van der Waals surface area contributed by atoms with Crippen molar-refractivity contribution in [3.8, 4) is 6.07 Å². The summed E-state index contributed by atoms with van der Waals surface area (Å²) in [4.78, 5) is 15.1. The lowest BCUT2D eigenvalue weighted by Crippen LogP contribution is -2.42. The lowest BCUT2D eigenvalue weighted by molar-refractivity contribution is -0.118. The molecule has 0 radical (unpaired) electrons. The van der Waals surface area contributed by atoms with Gasteiger partial charge in [0.2, 0.25) is 5.13 Å². The van der Waals surface area contributed by atoms with Crippen molar-refractivity contribution in [3.63, 3.8) is 0 Å². The fourth-order valence-corrected chi connectivity index (χ4v) is 5.87. The van der Waals surface area contributed by atoms with E-state index in [4.69, 9.17) is 5.73 Å². The molecule has 2 N–H and O–H groups in total. The van der Waals surface area contributed by atoms with Crippen LogP contribution in [0.2, 0.25) is 0 Å². The summed E-state index contributed by atoms with van der Waals surface area (Å²) in [5.41, 5.74) is 8.17. The van der Waals surface area contributed by atoms with Crippen molar-refractivity contribution >= 4 is 34.0 Å². The Morgan fingerprint density at radius 1 is 1.44 bits per heavy atom. The van der Waals surface area contributed by atoms with Gasteiger partial charge in [0, 0.05) is 23.4 Å². The number of rotatable bonds is 5. The molecule has 0 bridgehead atoms. The van der Waals surface area contributed by atoms with Crippen LogP contribution in [-0.4, -0.2) is 21.7 Å². The number of thioether (sulfide) groups is 1. The fraction of sp³-hybridized carbons (Fsp3) is 0.304. The van der Waals surface area contributed by atoms with Crippen LogP contribution >= 0.6 is 23.1 Å². The van der Waals surface area contributed by atoms with Crippen LogP contribution in [0.4, 0.5) is 9.52 Å². The fourth-order valence-electron chi connectivity index (χ4n) is 4.23. The molecule has 1 atom stereocenters. The number of nitriles is 1. The van der Waals surface area contributed by atoms with E-state index in [1.807, 2.05) is 13.8 Å². The molecule has 1 aromatic heterocycles. The van der Waals surface area contributed by atoms with Crippen molar-refractivity contribution in [2.75, 3.05) is 10.7 Å². The normalized spacial score (nSPS) is 20.2. The molecule has 9 heteroatoms. The first-order valence-electron chi connectivity index (χ1n) is 10.0. The Balaban J connectivity index is 1.92. The van der Waals surface area contributed by atoms with Crippen LogP contribution in [0.5, 0.6) is 0 Å². The Labute approximate surface area is 194 Å². The van der Waals surface area contributed by atoms with E-state index in [2.05, 4.69) is 22.8 Å². The second-order valence-corrected chi connectivity index (χ2v) is 10.7. The molecule has 0 fully saturated rings. The molecular weight excluding hydrogens is 445 g/mol. The Morgan fingerprint density at radius 2 is 2.22 bits per heavy atom. The van der Waals surface area contributed by atoms with Crippen LogP contribution in [0.25, 0.3) is 0 Å². The summed E-state index contributed by atoms with van der Waals surface area (Å²) >= 11 is 2.84. The zero-order valence-corrected chi connectivity index (χ0v) is 19.4. The van der Waals surface area contributed by atoms with Crippen LogP contribution in [0, 0.1) is 22.6 Å². The second-order valence-electron chi connectivity index (χ2n) is 8.49. The Hall–Kier alpha value is -2.96. The van der Waals surface area contributed by atoms with Crippen molar-refractivity contribution < 1.29 is 9.18 Å². The third kappa shape index (κ3) is 3.96. The van der Waals surface area contributed by atoms with Crippen LogP contribution in [0.15, 0.2) is 63.9 Å². The predicted molar refractivity (Wildman–Crippen MR) is 124 cm³/mol. The summed E-state index contributed by atoms with van der Waals surface area (Å²) in [6.45, 7) is 7.76. The first-order valence-corrected chi connectivity index (χ1v) is 11.8. The summed E-state index contributed by atoms with van der Waals surface area (Å²) in [6.07, 6.45) is 2.68. The number of nitrogens with two attached hydrogens (primary N) is 1. The van der Waals surface area contributed by atoms with Gasteiger partial charge in [-0.3, -0.25) is 9.69 Å². The number of benzene rings is 1. The van der Waals surface area contributed by atoms with E-state index in [1.54, 1.807) is 23.1 Å². The van der Waals surface area contributed by atoms with E-state index in [-0.39, 0.29) is 22.6 Å². The number of carbonyl (C=O) groups excluding carboxylic acids is 1. The number of allylic oxidation sites excluding steroid dienone is 3. The molecule has 0 saturated carbocycles. The van der Waals surface area contributed by atoms with Crippen molar-refractivity contribution in [1.29, 1.82) is 5.26 Å². The first kappa shape index (κ1) is 22.2. The van der Waals surface area contributed by atoms with Gasteiger partial charge in [0.1, 0.15) is 11.6 Å². The highest BCUT2D eigenvalue weighted by Gasteiger charge is 2.45. The molecule has 0 amide bonds. The van der Waals surface area contributed by atoms with Crippen LogP contribution in [0.3, 0.4) is 0 Å². The lowest BCUT2D eigenvalue weighted by atomic mass is 9.68. The largest absolute Gasteiger partial charge is 0.384 e. The number of Topliss-reactive ketones (excluding diaryl/α,β-unsaturated/α-hetero) is 1. The molecule has 32 heavy (non-hydrogen) atoms. The first-order chi connectivity index (χ1) is 15.3. The zero-order chi connectivity index (χ0) is 23.0. The lowest BCUT2D eigenvalue weighted by Gasteiger charge is -2.42. The maximum atomic E-state index is 14.1. The van der Waals surface area contributed by atoms with Crippen LogP contribution in [-0.2, 0) is 4.79 Å². The molecule has 4 rings (SSSR count). The maximum absolute atomic E-state index is 14.1. The van der Waals surface area contributed by atoms with Gasteiger partial charge in [-0.15, -0.1) is 16.8 Å². The Kier molecular flexibility index (Phi) is 5.93. The zero-order valence-electron chi connectivity index (χ0n) is 17.8. The number of aromatic nitrogens is 2. The summed E-state index contributed by atoms with van der Waals surface area (Å²) in [6, 6.07) is 8.17. The van der Waals surface area contributed by atoms with E-state index in [9.17, 15) is 14.4 Å². The van der Waals surface area contributed by atoms with Gasteiger partial charge < -0.3 is 5.73 Å². The highest BCUT2D eigenvalue weighted by Crippen LogP contribution is 2.50. The monoisotopic (exact) mass is 467 g/mol. The number of ketones is 1. The third-order valence-electron chi connectivity index (χ3n) is 5.47. The third-order valence-corrected chi connectivity index (χ3v) is 7.51. The van der Waals surface area contributed by atoms with Crippen molar-refractivity contribution in [2.24, 2.45) is 11.1 Å². The standard InChI is InChI=1S/C23H22FN5OS2/c1-4-8-31-22-28-27-21(32-22)29-16-10-23(2,3)11-17(30)19(16)18(15(12-25)20(29)26)13-6-5-7-14(24)9-13/h4-7,9,18H,1,8,10-11,26H2,2-3H3. The molecule has 6 nitrogen and oxygen atoms in total. The molecule has 1 aliphatic carbocycles. The van der Waals surface area contributed by atoms with Gasteiger partial charge in [-0.2, -0.15) is 5.26 Å². The number of nitrogens with zero attached hydrogens (tertiary/aromatic N) is 4. The molecular formula is C23H22FN5OS2. The van der Waals surface area contributed by atoms with Crippen molar-refractivity contribution in [3.05, 3.63) is 71.0 Å². The smallest absolute Gasteiger partial charge is 0.219 e. The number of hydrogen-bond acceptors (Lipinski definition) is 8.